The molecule has 1 aromatic heterocycles. The second-order valence-corrected chi connectivity index (χ2v) is 6.29. The Labute approximate surface area is 144 Å². The van der Waals surface area contributed by atoms with E-state index in [-0.39, 0.29) is 5.91 Å². The predicted molar refractivity (Wildman–Crippen MR) is 101 cm³/mol. The van der Waals surface area contributed by atoms with Crippen LogP contribution >= 0.6 is 0 Å². The van der Waals surface area contributed by atoms with E-state index in [9.17, 15) is 4.79 Å². The fraction of sp³-hybridized carbons (Fsp3) is 0.400. The van der Waals surface area contributed by atoms with Gasteiger partial charge in [-0.2, -0.15) is 0 Å². The summed E-state index contributed by atoms with van der Waals surface area (Å²) in [6.07, 6.45) is 5.29. The van der Waals surface area contributed by atoms with Crippen LogP contribution in [0.4, 0.5) is 11.4 Å². The molecule has 0 saturated heterocycles. The summed E-state index contributed by atoms with van der Waals surface area (Å²) >= 11 is 0. The molecule has 0 fully saturated rings. The smallest absolute Gasteiger partial charge is 0.274 e. The fourth-order valence-electron chi connectivity index (χ4n) is 2.80. The monoisotopic (exact) mass is 325 g/mol. The van der Waals surface area contributed by atoms with E-state index in [1.165, 1.54) is 18.4 Å². The molecule has 0 aliphatic rings. The second-order valence-electron chi connectivity index (χ2n) is 6.29. The molecule has 4 nitrogen and oxygen atoms in total. The molecule has 0 bridgehead atoms. The van der Waals surface area contributed by atoms with Crippen molar-refractivity contribution in [3.05, 3.63) is 52.8 Å². The molecule has 4 heteroatoms. The molecule has 24 heavy (non-hydrogen) atoms. The summed E-state index contributed by atoms with van der Waals surface area (Å²) in [4.78, 5) is 16.7. The van der Waals surface area contributed by atoms with Gasteiger partial charge in [-0.1, -0.05) is 37.5 Å². The molecule has 128 valence electrons. The van der Waals surface area contributed by atoms with Gasteiger partial charge in [0.2, 0.25) is 0 Å². The second kappa shape index (κ2) is 8.48. The number of carbonyl (C=O) groups excluding carboxylic acids is 1. The highest BCUT2D eigenvalue weighted by atomic mass is 16.1. The molecule has 2 aromatic rings. The maximum Gasteiger partial charge on any atom is 0.274 e. The van der Waals surface area contributed by atoms with Gasteiger partial charge in [-0.25, -0.2) is 4.98 Å². The van der Waals surface area contributed by atoms with Gasteiger partial charge in [0, 0.05) is 12.2 Å². The summed E-state index contributed by atoms with van der Waals surface area (Å²) in [6.45, 7) is 9.19. The summed E-state index contributed by atoms with van der Waals surface area (Å²) in [5, 5.41) is 6.31. The average Bonchev–Trinajstić information content (AvgIpc) is 2.55. The molecular formula is C20H27N3O. The van der Waals surface area contributed by atoms with Crippen LogP contribution < -0.4 is 10.6 Å². The number of carbonyl (C=O) groups is 1. The van der Waals surface area contributed by atoms with Gasteiger partial charge in [0.1, 0.15) is 5.69 Å². The normalized spacial score (nSPS) is 10.5. The number of benzene rings is 1. The fourth-order valence-corrected chi connectivity index (χ4v) is 2.80. The lowest BCUT2D eigenvalue weighted by molar-refractivity contribution is 0.102. The summed E-state index contributed by atoms with van der Waals surface area (Å²) in [6, 6.07) is 7.80. The van der Waals surface area contributed by atoms with Gasteiger partial charge < -0.3 is 10.6 Å². The highest BCUT2D eigenvalue weighted by Gasteiger charge is 2.11. The topological polar surface area (TPSA) is 54.0 Å². The number of hydrogen-bond donors (Lipinski definition) is 2. The molecule has 1 heterocycles. The number of amides is 1. The quantitative estimate of drug-likeness (QED) is 0.715. The van der Waals surface area contributed by atoms with Crippen LogP contribution in [0.1, 0.15) is 53.4 Å². The van der Waals surface area contributed by atoms with Crippen molar-refractivity contribution in [1.29, 1.82) is 0 Å². The Morgan fingerprint density at radius 2 is 1.79 bits per heavy atom. The van der Waals surface area contributed by atoms with Crippen molar-refractivity contribution in [1.82, 2.24) is 4.98 Å². The third-order valence-electron chi connectivity index (χ3n) is 4.02. The predicted octanol–water partition coefficient (Wildman–Crippen LogP) is 4.86. The van der Waals surface area contributed by atoms with Gasteiger partial charge in [-0.3, -0.25) is 4.79 Å². The zero-order valence-corrected chi connectivity index (χ0v) is 15.1. The lowest BCUT2D eigenvalue weighted by atomic mass is 10.0. The maximum atomic E-state index is 12.4. The SMILES string of the molecule is CCCCCNc1ccc(C(=O)Nc2c(C)cc(C)cc2C)nc1. The van der Waals surface area contributed by atoms with Crippen molar-refractivity contribution in [2.45, 2.75) is 47.0 Å². The standard InChI is InChI=1S/C20H27N3O/c1-5-6-7-10-21-17-8-9-18(22-13-17)20(24)23-19-15(3)11-14(2)12-16(19)4/h8-9,11-13,21H,5-7,10H2,1-4H3,(H,23,24). The van der Waals surface area contributed by atoms with E-state index in [1.54, 1.807) is 12.3 Å². The van der Waals surface area contributed by atoms with E-state index in [0.29, 0.717) is 5.69 Å². The number of aromatic nitrogens is 1. The summed E-state index contributed by atoms with van der Waals surface area (Å²) < 4.78 is 0. The zero-order valence-electron chi connectivity index (χ0n) is 15.1. The van der Waals surface area contributed by atoms with Crippen LogP contribution in [-0.2, 0) is 0 Å². The van der Waals surface area contributed by atoms with Crippen molar-refractivity contribution in [2.24, 2.45) is 0 Å². The number of unbranched alkanes of at least 4 members (excludes halogenated alkanes) is 2. The molecule has 2 N–H and O–H groups in total. The van der Waals surface area contributed by atoms with Gasteiger partial charge in [0.15, 0.2) is 0 Å². The number of nitrogens with zero attached hydrogens (tertiary/aromatic N) is 1. The molecule has 0 aliphatic heterocycles. The van der Waals surface area contributed by atoms with Crippen molar-refractivity contribution < 1.29 is 4.79 Å². The maximum absolute atomic E-state index is 12.4. The molecule has 0 aliphatic carbocycles. The molecule has 0 saturated carbocycles. The number of hydrogen-bond acceptors (Lipinski definition) is 3. The molecule has 0 atom stereocenters. The van der Waals surface area contributed by atoms with Crippen molar-refractivity contribution in [3.8, 4) is 0 Å². The number of nitrogens with one attached hydrogen (secondary N) is 2. The van der Waals surface area contributed by atoms with Gasteiger partial charge in [-0.15, -0.1) is 0 Å². The number of anilines is 2. The van der Waals surface area contributed by atoms with E-state index in [4.69, 9.17) is 0 Å². The average molecular weight is 325 g/mol. The van der Waals surface area contributed by atoms with Crippen molar-refractivity contribution in [3.63, 3.8) is 0 Å². The molecule has 0 spiro atoms. The molecular weight excluding hydrogens is 298 g/mol. The summed E-state index contributed by atoms with van der Waals surface area (Å²) in [5.41, 5.74) is 5.57. The summed E-state index contributed by atoms with van der Waals surface area (Å²) in [5.74, 6) is -0.178. The minimum atomic E-state index is -0.178. The van der Waals surface area contributed by atoms with Crippen LogP contribution in [0.25, 0.3) is 0 Å². The van der Waals surface area contributed by atoms with Crippen LogP contribution in [0.2, 0.25) is 0 Å². The third kappa shape index (κ3) is 4.82. The van der Waals surface area contributed by atoms with Crippen LogP contribution in [0, 0.1) is 20.8 Å². The Bertz CT molecular complexity index is 670. The number of aryl methyl sites for hydroxylation is 3. The third-order valence-corrected chi connectivity index (χ3v) is 4.02. The first-order valence-electron chi connectivity index (χ1n) is 8.60. The molecule has 2 rings (SSSR count). The lowest BCUT2D eigenvalue weighted by Crippen LogP contribution is -2.15. The Kier molecular flexibility index (Phi) is 6.36. The van der Waals surface area contributed by atoms with E-state index >= 15 is 0 Å². The van der Waals surface area contributed by atoms with Crippen LogP contribution in [0.3, 0.4) is 0 Å². The first kappa shape index (κ1) is 18.0. The number of pyridine rings is 1. The Morgan fingerprint density at radius 3 is 2.38 bits per heavy atom. The molecule has 0 radical (unpaired) electrons. The first-order valence-corrected chi connectivity index (χ1v) is 8.60. The first-order chi connectivity index (χ1) is 11.5. The minimum Gasteiger partial charge on any atom is -0.384 e. The Hall–Kier alpha value is -2.36. The van der Waals surface area contributed by atoms with E-state index in [1.807, 2.05) is 19.9 Å². The minimum absolute atomic E-state index is 0.178. The summed E-state index contributed by atoms with van der Waals surface area (Å²) in [7, 11) is 0. The highest BCUT2D eigenvalue weighted by molar-refractivity contribution is 6.03. The van der Waals surface area contributed by atoms with E-state index < -0.39 is 0 Å². The Balaban J connectivity index is 2.00. The van der Waals surface area contributed by atoms with Gasteiger partial charge in [0.05, 0.1) is 11.9 Å². The molecule has 1 amide bonds. The van der Waals surface area contributed by atoms with Gasteiger partial charge in [-0.05, 0) is 50.5 Å². The Morgan fingerprint density at radius 1 is 1.08 bits per heavy atom. The van der Waals surface area contributed by atoms with Crippen molar-refractivity contribution in [2.75, 3.05) is 17.2 Å². The zero-order chi connectivity index (χ0) is 17.5. The van der Waals surface area contributed by atoms with Crippen LogP contribution in [0.15, 0.2) is 30.5 Å². The number of rotatable bonds is 7. The van der Waals surface area contributed by atoms with Crippen molar-refractivity contribution >= 4 is 17.3 Å². The molecule has 0 unspecified atom stereocenters. The van der Waals surface area contributed by atoms with Gasteiger partial charge >= 0.3 is 0 Å². The van der Waals surface area contributed by atoms with E-state index in [0.717, 1.165) is 35.5 Å². The lowest BCUT2D eigenvalue weighted by Gasteiger charge is -2.13. The molecule has 1 aromatic carbocycles. The van der Waals surface area contributed by atoms with Crippen LogP contribution in [0.5, 0.6) is 0 Å². The van der Waals surface area contributed by atoms with Gasteiger partial charge in [0.25, 0.3) is 5.91 Å². The van der Waals surface area contributed by atoms with E-state index in [2.05, 4.69) is 41.6 Å². The largest absolute Gasteiger partial charge is 0.384 e. The highest BCUT2D eigenvalue weighted by Crippen LogP contribution is 2.22. The van der Waals surface area contributed by atoms with Crippen LogP contribution in [-0.4, -0.2) is 17.4 Å².